The number of hydrogen-bond acceptors (Lipinski definition) is 5. The molecule has 0 atom stereocenters. The second-order valence-electron chi connectivity index (χ2n) is 3.84. The molecule has 0 spiro atoms. The van der Waals surface area contributed by atoms with Crippen LogP contribution in [0.25, 0.3) is 0 Å². The highest BCUT2D eigenvalue weighted by molar-refractivity contribution is 6.36. The number of hydrogen-bond donors (Lipinski definition) is 3. The average molecular weight is 275 g/mol. The highest BCUT2D eigenvalue weighted by Gasteiger charge is 2.07. The van der Waals surface area contributed by atoms with Crippen LogP contribution >= 0.6 is 0 Å². The molecule has 0 aromatic rings. The summed E-state index contributed by atoms with van der Waals surface area (Å²) in [7, 11) is 0.733. The SMILES string of the molecule is CCOC(OCC)[Si]CCCNCCNCCN. The first-order valence-corrected chi connectivity index (χ1v) is 8.21. The number of rotatable bonds is 14. The van der Waals surface area contributed by atoms with E-state index in [1.54, 1.807) is 0 Å². The third-order valence-corrected chi connectivity index (χ3v) is 3.59. The van der Waals surface area contributed by atoms with Gasteiger partial charge in [0.05, 0.1) is 0 Å². The quantitative estimate of drug-likeness (QED) is 0.236. The minimum absolute atomic E-state index is 0.00576. The van der Waals surface area contributed by atoms with Crippen molar-refractivity contribution in [2.75, 3.05) is 45.9 Å². The van der Waals surface area contributed by atoms with E-state index < -0.39 is 0 Å². The van der Waals surface area contributed by atoms with Gasteiger partial charge in [-0.1, -0.05) is 6.04 Å². The Morgan fingerprint density at radius 3 is 2.17 bits per heavy atom. The van der Waals surface area contributed by atoms with Crippen LogP contribution in [0.4, 0.5) is 0 Å². The lowest BCUT2D eigenvalue weighted by Gasteiger charge is -2.15. The zero-order chi connectivity index (χ0) is 13.5. The highest BCUT2D eigenvalue weighted by Crippen LogP contribution is 1.98. The van der Waals surface area contributed by atoms with Gasteiger partial charge in [0, 0.05) is 39.4 Å². The molecular weight excluding hydrogens is 246 g/mol. The molecule has 2 radical (unpaired) electrons. The Hall–Kier alpha value is 0.0169. The van der Waals surface area contributed by atoms with Gasteiger partial charge >= 0.3 is 0 Å². The summed E-state index contributed by atoms with van der Waals surface area (Å²) in [6.07, 6.45) is 1.17. The number of nitrogens with two attached hydrogens (primary N) is 1. The summed E-state index contributed by atoms with van der Waals surface area (Å²) in [5.41, 5.74) is 5.38. The molecule has 0 aromatic heterocycles. The van der Waals surface area contributed by atoms with Crippen molar-refractivity contribution < 1.29 is 9.47 Å². The van der Waals surface area contributed by atoms with Crippen LogP contribution in [0.1, 0.15) is 20.3 Å². The van der Waals surface area contributed by atoms with Crippen LogP contribution in [0.15, 0.2) is 0 Å². The molecule has 0 aliphatic rings. The predicted octanol–water partition coefficient (Wildman–Crippen LogP) is -0.00650. The third kappa shape index (κ3) is 12.5. The molecule has 18 heavy (non-hydrogen) atoms. The molecule has 5 nitrogen and oxygen atoms in total. The molecule has 0 heterocycles. The summed E-state index contributed by atoms with van der Waals surface area (Å²) < 4.78 is 11.0. The average Bonchev–Trinajstić information content (AvgIpc) is 2.37. The Balaban J connectivity index is 3.21. The molecule has 0 aliphatic carbocycles. The van der Waals surface area contributed by atoms with Crippen LogP contribution in [-0.4, -0.2) is 61.4 Å². The number of nitrogens with one attached hydrogen (secondary N) is 2. The normalized spacial score (nSPS) is 11.3. The van der Waals surface area contributed by atoms with Crippen LogP contribution in [0.5, 0.6) is 0 Å². The fraction of sp³-hybridized carbons (Fsp3) is 1.00. The minimum atomic E-state index is 0.00576. The van der Waals surface area contributed by atoms with Gasteiger partial charge < -0.3 is 25.8 Å². The monoisotopic (exact) mass is 275 g/mol. The van der Waals surface area contributed by atoms with E-state index in [0.717, 1.165) is 55.0 Å². The highest BCUT2D eigenvalue weighted by atomic mass is 28.2. The van der Waals surface area contributed by atoms with Gasteiger partial charge in [-0.15, -0.1) is 0 Å². The summed E-state index contributed by atoms with van der Waals surface area (Å²) in [6.45, 7) is 10.1. The molecule has 0 saturated heterocycles. The van der Waals surface area contributed by atoms with Gasteiger partial charge in [0.15, 0.2) is 0 Å². The summed E-state index contributed by atoms with van der Waals surface area (Å²) in [5.74, 6) is 0.00576. The second-order valence-corrected chi connectivity index (χ2v) is 5.22. The van der Waals surface area contributed by atoms with Crippen molar-refractivity contribution >= 4 is 9.52 Å². The van der Waals surface area contributed by atoms with E-state index in [4.69, 9.17) is 15.2 Å². The molecule has 0 aliphatic heterocycles. The van der Waals surface area contributed by atoms with Crippen molar-refractivity contribution in [3.8, 4) is 0 Å². The zero-order valence-electron chi connectivity index (χ0n) is 11.8. The van der Waals surface area contributed by atoms with Gasteiger partial charge in [0.2, 0.25) is 0 Å². The van der Waals surface area contributed by atoms with Crippen LogP contribution in [0, 0.1) is 0 Å². The lowest BCUT2D eigenvalue weighted by Crippen LogP contribution is -2.31. The molecule has 0 saturated carbocycles. The molecule has 108 valence electrons. The second kappa shape index (κ2) is 15.1. The summed E-state index contributed by atoms with van der Waals surface area (Å²) in [6, 6.07) is 1.16. The van der Waals surface area contributed by atoms with Crippen LogP contribution in [0.2, 0.25) is 6.04 Å². The fourth-order valence-electron chi connectivity index (χ4n) is 1.43. The Bertz CT molecular complexity index is 158. The summed E-state index contributed by atoms with van der Waals surface area (Å²) in [5, 5.41) is 6.65. The molecule has 0 fully saturated rings. The Morgan fingerprint density at radius 2 is 1.61 bits per heavy atom. The summed E-state index contributed by atoms with van der Waals surface area (Å²) in [4.78, 5) is 0. The van der Waals surface area contributed by atoms with Crippen LogP contribution in [0.3, 0.4) is 0 Å². The summed E-state index contributed by atoms with van der Waals surface area (Å²) >= 11 is 0. The smallest absolute Gasteiger partial charge is 0.137 e. The minimum Gasteiger partial charge on any atom is -0.357 e. The van der Waals surface area contributed by atoms with Gasteiger partial charge in [-0.2, -0.15) is 0 Å². The molecular formula is C12H29N3O2Si. The van der Waals surface area contributed by atoms with Crippen molar-refractivity contribution in [3.63, 3.8) is 0 Å². The Morgan fingerprint density at radius 1 is 1.00 bits per heavy atom. The maximum absolute atomic E-state index is 5.50. The van der Waals surface area contributed by atoms with Gasteiger partial charge in [-0.05, 0) is 26.8 Å². The first-order valence-electron chi connectivity index (χ1n) is 6.93. The molecule has 0 amide bonds. The van der Waals surface area contributed by atoms with Gasteiger partial charge in [0.1, 0.15) is 15.4 Å². The van der Waals surface area contributed by atoms with E-state index >= 15 is 0 Å². The largest absolute Gasteiger partial charge is 0.357 e. The lowest BCUT2D eigenvalue weighted by molar-refractivity contribution is -0.0827. The van der Waals surface area contributed by atoms with E-state index in [1.165, 1.54) is 6.42 Å². The Labute approximate surface area is 114 Å². The first-order chi connectivity index (χ1) is 8.85. The molecule has 6 heteroatoms. The number of ether oxygens (including phenoxy) is 2. The van der Waals surface area contributed by atoms with Crippen molar-refractivity contribution in [1.82, 2.24) is 10.6 Å². The van der Waals surface area contributed by atoms with E-state index in [-0.39, 0.29) is 5.91 Å². The van der Waals surface area contributed by atoms with E-state index in [0.29, 0.717) is 6.54 Å². The van der Waals surface area contributed by atoms with E-state index in [2.05, 4.69) is 10.6 Å². The lowest BCUT2D eigenvalue weighted by atomic mass is 10.4. The van der Waals surface area contributed by atoms with E-state index in [9.17, 15) is 0 Å². The standard InChI is InChI=1S/C12H29N3O2Si/c1-3-16-12(17-4-2)18-11-5-7-14-9-10-15-8-6-13/h12,14-15H,3-11,13H2,1-2H3. The zero-order valence-corrected chi connectivity index (χ0v) is 12.8. The van der Waals surface area contributed by atoms with Crippen molar-refractivity contribution in [2.24, 2.45) is 5.73 Å². The fourth-order valence-corrected chi connectivity index (χ4v) is 2.62. The molecule has 0 aromatic carbocycles. The maximum Gasteiger partial charge on any atom is 0.137 e. The molecule has 0 bridgehead atoms. The van der Waals surface area contributed by atoms with Crippen LogP contribution < -0.4 is 16.4 Å². The first kappa shape index (κ1) is 18.0. The predicted molar refractivity (Wildman–Crippen MR) is 77.0 cm³/mol. The van der Waals surface area contributed by atoms with Crippen molar-refractivity contribution in [3.05, 3.63) is 0 Å². The molecule has 0 rings (SSSR count). The molecule has 4 N–H and O–H groups in total. The van der Waals surface area contributed by atoms with Gasteiger partial charge in [0.25, 0.3) is 0 Å². The van der Waals surface area contributed by atoms with Crippen molar-refractivity contribution in [2.45, 2.75) is 32.2 Å². The van der Waals surface area contributed by atoms with E-state index in [1.807, 2.05) is 13.8 Å². The Kier molecular flexibility index (Phi) is 15.1. The van der Waals surface area contributed by atoms with Crippen LogP contribution in [-0.2, 0) is 9.47 Å². The molecule has 0 unspecified atom stereocenters. The maximum atomic E-state index is 5.50. The van der Waals surface area contributed by atoms with Gasteiger partial charge in [-0.25, -0.2) is 0 Å². The third-order valence-electron chi connectivity index (χ3n) is 2.28. The van der Waals surface area contributed by atoms with Crippen molar-refractivity contribution in [1.29, 1.82) is 0 Å². The van der Waals surface area contributed by atoms with Gasteiger partial charge in [-0.3, -0.25) is 0 Å². The topological polar surface area (TPSA) is 68.5 Å².